The Kier molecular flexibility index (Phi) is 5.59. The molecule has 1 aliphatic heterocycles. The summed E-state index contributed by atoms with van der Waals surface area (Å²) in [6.45, 7) is 4.45. The molecule has 0 aromatic heterocycles. The minimum Gasteiger partial charge on any atom is -0.469 e. The van der Waals surface area contributed by atoms with Gasteiger partial charge in [-0.05, 0) is 25.3 Å². The number of fused-ring (bicyclic) bond motifs is 2. The Morgan fingerprint density at radius 1 is 1.41 bits per heavy atom. The van der Waals surface area contributed by atoms with Crippen molar-refractivity contribution in [2.75, 3.05) is 6.54 Å². The smallest absolute Gasteiger partial charge is 0.205 e. The Hall–Kier alpha value is -1.39. The molecule has 1 aromatic rings. The van der Waals surface area contributed by atoms with Gasteiger partial charge in [-0.1, -0.05) is 50.1 Å². The highest BCUT2D eigenvalue weighted by Gasteiger charge is 2.51. The summed E-state index contributed by atoms with van der Waals surface area (Å²) in [5.41, 5.74) is 5.50. The van der Waals surface area contributed by atoms with E-state index in [-0.39, 0.29) is 12.3 Å². The Labute approximate surface area is 136 Å². The molecular weight excluding hydrogens is 300 g/mol. The number of hydrogen-bond acceptors (Lipinski definition) is 4. The van der Waals surface area contributed by atoms with E-state index in [0.717, 1.165) is 18.4 Å². The third kappa shape index (κ3) is 3.03. The number of hydrogen-bond donors (Lipinski definition) is 1. The van der Waals surface area contributed by atoms with Gasteiger partial charge in [0.2, 0.25) is 5.78 Å². The molecule has 4 nitrogen and oxygen atoms in total. The maximum absolute atomic E-state index is 12.6. The second-order valence-electron chi connectivity index (χ2n) is 5.62. The van der Waals surface area contributed by atoms with Crippen molar-refractivity contribution in [1.29, 1.82) is 0 Å². The van der Waals surface area contributed by atoms with Crippen molar-refractivity contribution in [2.45, 2.75) is 51.2 Å². The monoisotopic (exact) mass is 322 g/mol. The topological polar surface area (TPSA) is 64.7 Å². The molecule has 2 N–H and O–H groups in total. The normalized spacial score (nSPS) is 26.5. The van der Waals surface area contributed by atoms with Gasteiger partial charge in [-0.2, -0.15) is 0 Å². The van der Waals surface area contributed by atoms with Crippen LogP contribution in [0.15, 0.2) is 29.3 Å². The van der Waals surface area contributed by atoms with E-state index in [1.54, 1.807) is 6.07 Å². The number of nitrogens with zero attached hydrogens (tertiary/aromatic N) is 1. The van der Waals surface area contributed by atoms with Crippen molar-refractivity contribution in [3.63, 3.8) is 0 Å². The summed E-state index contributed by atoms with van der Waals surface area (Å²) in [4.78, 5) is 17.1. The minimum absolute atomic E-state index is 0.00375. The van der Waals surface area contributed by atoms with E-state index in [0.29, 0.717) is 17.3 Å². The summed E-state index contributed by atoms with van der Waals surface area (Å²) in [6.07, 6.45) is 3.10. The highest BCUT2D eigenvalue weighted by molar-refractivity contribution is 6.32. The molecule has 1 fully saturated rings. The maximum atomic E-state index is 12.6. The van der Waals surface area contributed by atoms with Crippen LogP contribution < -0.4 is 5.73 Å². The molecule has 2 aliphatic rings. The quantitative estimate of drug-likeness (QED) is 0.906. The third-order valence-corrected chi connectivity index (χ3v) is 4.12. The van der Waals surface area contributed by atoms with E-state index in [9.17, 15) is 4.79 Å². The lowest BCUT2D eigenvalue weighted by molar-refractivity contribution is -0.137. The summed E-state index contributed by atoms with van der Waals surface area (Å²) in [7, 11) is 0. The van der Waals surface area contributed by atoms with Crippen LogP contribution in [-0.4, -0.2) is 24.3 Å². The van der Waals surface area contributed by atoms with Crippen LogP contribution in [0.3, 0.4) is 0 Å². The molecule has 0 amide bonds. The van der Waals surface area contributed by atoms with E-state index in [1.165, 1.54) is 6.42 Å². The molecule has 2 unspecified atom stereocenters. The van der Waals surface area contributed by atoms with E-state index < -0.39 is 11.6 Å². The molecule has 5 heteroatoms. The highest BCUT2D eigenvalue weighted by atomic mass is 35.5. The average Bonchev–Trinajstić information content (AvgIpc) is 2.49. The van der Waals surface area contributed by atoms with Crippen LogP contribution >= 0.6 is 11.6 Å². The number of ketones is 1. The van der Waals surface area contributed by atoms with Crippen molar-refractivity contribution >= 4 is 23.3 Å². The van der Waals surface area contributed by atoms with Gasteiger partial charge < -0.3 is 10.5 Å². The molecule has 2 atom stereocenters. The summed E-state index contributed by atoms with van der Waals surface area (Å²) in [5.74, 6) is 0.452. The Morgan fingerprint density at radius 2 is 2.09 bits per heavy atom. The summed E-state index contributed by atoms with van der Waals surface area (Å²) < 4.78 is 5.54. The lowest BCUT2D eigenvalue weighted by Gasteiger charge is -2.41. The van der Waals surface area contributed by atoms with Gasteiger partial charge in [-0.3, -0.25) is 4.79 Å². The van der Waals surface area contributed by atoms with Crippen molar-refractivity contribution in [1.82, 2.24) is 0 Å². The van der Waals surface area contributed by atoms with Crippen LogP contribution in [0.2, 0.25) is 5.02 Å². The van der Waals surface area contributed by atoms with Gasteiger partial charge in [-0.25, -0.2) is 4.99 Å². The molecule has 0 spiro atoms. The van der Waals surface area contributed by atoms with Crippen LogP contribution in [0.5, 0.6) is 0 Å². The number of rotatable bonds is 2. The fraction of sp³-hybridized carbons (Fsp3) is 0.529. The Balaban J connectivity index is 0.000000545. The number of Topliss-reactive ketones (excluding diaryl/α,β-unsaturated/α-hetero) is 1. The van der Waals surface area contributed by atoms with Crippen molar-refractivity contribution < 1.29 is 9.53 Å². The molecule has 1 heterocycles. The van der Waals surface area contributed by atoms with Crippen LogP contribution in [0, 0.1) is 0 Å². The minimum atomic E-state index is -0.895. The maximum Gasteiger partial charge on any atom is 0.205 e. The second kappa shape index (κ2) is 7.25. The van der Waals surface area contributed by atoms with E-state index in [2.05, 4.69) is 18.8 Å². The van der Waals surface area contributed by atoms with Crippen LogP contribution in [0.25, 0.3) is 0 Å². The van der Waals surface area contributed by atoms with Gasteiger partial charge in [0.25, 0.3) is 0 Å². The van der Waals surface area contributed by atoms with Crippen LogP contribution in [-0.2, 0) is 15.1 Å². The fourth-order valence-electron chi connectivity index (χ4n) is 2.91. The first-order valence-corrected chi connectivity index (χ1v) is 8.21. The van der Waals surface area contributed by atoms with E-state index >= 15 is 0 Å². The van der Waals surface area contributed by atoms with Gasteiger partial charge in [-0.15, -0.1) is 0 Å². The summed E-state index contributed by atoms with van der Waals surface area (Å²) in [6, 6.07) is 7.38. The number of aliphatic imine (C=N–C) groups is 1. The van der Waals surface area contributed by atoms with Gasteiger partial charge in [0.15, 0.2) is 17.5 Å². The van der Waals surface area contributed by atoms with Gasteiger partial charge in [0, 0.05) is 10.6 Å². The fourth-order valence-corrected chi connectivity index (χ4v) is 3.20. The lowest BCUT2D eigenvalue weighted by Crippen LogP contribution is -2.52. The number of nitrogens with two attached hydrogens (primary N) is 1. The average molecular weight is 323 g/mol. The Bertz CT molecular complexity index is 574. The predicted octanol–water partition coefficient (Wildman–Crippen LogP) is 3.46. The zero-order valence-corrected chi connectivity index (χ0v) is 13.9. The van der Waals surface area contributed by atoms with Gasteiger partial charge in [0.1, 0.15) is 0 Å². The third-order valence-electron chi connectivity index (χ3n) is 3.79. The SMILES string of the molecule is CCC.NCC1=NC2(c3ccccc3Cl)CCCC(O1)C2=O. The molecule has 1 aliphatic carbocycles. The molecule has 0 radical (unpaired) electrons. The summed E-state index contributed by atoms with van der Waals surface area (Å²) >= 11 is 6.26. The molecule has 2 bridgehead atoms. The molecule has 1 saturated carbocycles. The molecule has 3 rings (SSSR count). The van der Waals surface area contributed by atoms with E-state index in [4.69, 9.17) is 22.1 Å². The first-order valence-electron chi connectivity index (χ1n) is 7.83. The summed E-state index contributed by atoms with van der Waals surface area (Å²) in [5, 5.41) is 0.568. The standard InChI is InChI=1S/C14H15ClN2O2.C3H8/c15-10-5-2-1-4-9(10)14-7-3-6-11(13(14)18)19-12(8-16)17-14;1-3-2/h1-2,4-5,11H,3,6-8,16H2;3H2,1-2H3. The zero-order valence-electron chi connectivity index (χ0n) is 13.1. The number of halogens is 1. The molecule has 0 saturated heterocycles. The van der Waals surface area contributed by atoms with Gasteiger partial charge in [0.05, 0.1) is 6.54 Å². The van der Waals surface area contributed by atoms with Crippen LogP contribution in [0.1, 0.15) is 45.1 Å². The molecular formula is C17H23ClN2O2. The number of benzene rings is 1. The van der Waals surface area contributed by atoms with Gasteiger partial charge >= 0.3 is 0 Å². The largest absolute Gasteiger partial charge is 0.469 e. The van der Waals surface area contributed by atoms with Crippen LogP contribution in [0.4, 0.5) is 0 Å². The van der Waals surface area contributed by atoms with Crippen molar-refractivity contribution in [2.24, 2.45) is 10.7 Å². The number of carbonyl (C=O) groups is 1. The molecule has 120 valence electrons. The zero-order chi connectivity index (χ0) is 16.2. The highest BCUT2D eigenvalue weighted by Crippen LogP contribution is 2.44. The van der Waals surface area contributed by atoms with E-state index in [1.807, 2.05) is 18.2 Å². The lowest BCUT2D eigenvalue weighted by atomic mass is 9.74. The first kappa shape index (κ1) is 17.0. The number of ether oxygens (including phenoxy) is 1. The predicted molar refractivity (Wildman–Crippen MR) is 89.3 cm³/mol. The van der Waals surface area contributed by atoms with Crippen molar-refractivity contribution in [3.05, 3.63) is 34.9 Å². The van der Waals surface area contributed by atoms with Crippen molar-refractivity contribution in [3.8, 4) is 0 Å². The Morgan fingerprint density at radius 3 is 2.73 bits per heavy atom. The first-order chi connectivity index (χ1) is 10.6. The molecule has 1 aromatic carbocycles. The number of carbonyl (C=O) groups excluding carboxylic acids is 1. The molecule has 22 heavy (non-hydrogen) atoms. The second-order valence-corrected chi connectivity index (χ2v) is 6.03.